The molecule has 1 fully saturated rings. The van der Waals surface area contributed by atoms with E-state index in [4.69, 9.17) is 0 Å². The van der Waals surface area contributed by atoms with Crippen LogP contribution >= 0.6 is 11.3 Å². The topological polar surface area (TPSA) is 91.4 Å². The molecule has 7 nitrogen and oxygen atoms in total. The van der Waals surface area contributed by atoms with E-state index >= 15 is 0 Å². The predicted octanol–water partition coefficient (Wildman–Crippen LogP) is 1.50. The van der Waals surface area contributed by atoms with Crippen LogP contribution < -0.4 is 10.9 Å². The van der Waals surface area contributed by atoms with Crippen molar-refractivity contribution in [3.05, 3.63) is 40.9 Å². The zero-order chi connectivity index (χ0) is 17.8. The third-order valence-corrected chi connectivity index (χ3v) is 5.05. The SMILES string of the molecule is Cc1nc(-c2ccccc2)sc1C(=O)NNC(=O)CN1CCCC1=O. The number of amides is 3. The van der Waals surface area contributed by atoms with Crippen molar-refractivity contribution in [3.63, 3.8) is 0 Å². The third-order valence-electron chi connectivity index (χ3n) is 3.84. The summed E-state index contributed by atoms with van der Waals surface area (Å²) < 4.78 is 0. The van der Waals surface area contributed by atoms with Gasteiger partial charge in [-0.15, -0.1) is 11.3 Å². The summed E-state index contributed by atoms with van der Waals surface area (Å²) in [6.45, 7) is 2.28. The van der Waals surface area contributed by atoms with Gasteiger partial charge in [-0.1, -0.05) is 30.3 Å². The molecule has 2 heterocycles. The van der Waals surface area contributed by atoms with Gasteiger partial charge in [0, 0.05) is 18.5 Å². The minimum Gasteiger partial charge on any atom is -0.333 e. The van der Waals surface area contributed by atoms with E-state index in [1.165, 1.54) is 16.2 Å². The first-order valence-electron chi connectivity index (χ1n) is 7.94. The van der Waals surface area contributed by atoms with Crippen molar-refractivity contribution in [2.75, 3.05) is 13.1 Å². The van der Waals surface area contributed by atoms with E-state index in [1.807, 2.05) is 30.3 Å². The fourth-order valence-electron chi connectivity index (χ4n) is 2.58. The van der Waals surface area contributed by atoms with Crippen molar-refractivity contribution in [1.29, 1.82) is 0 Å². The van der Waals surface area contributed by atoms with Gasteiger partial charge in [-0.25, -0.2) is 4.98 Å². The van der Waals surface area contributed by atoms with Crippen LogP contribution in [0.2, 0.25) is 0 Å². The summed E-state index contributed by atoms with van der Waals surface area (Å²) in [6, 6.07) is 9.58. The van der Waals surface area contributed by atoms with Gasteiger partial charge in [0.1, 0.15) is 16.4 Å². The molecular weight excluding hydrogens is 340 g/mol. The maximum atomic E-state index is 12.3. The Morgan fingerprint density at radius 3 is 2.68 bits per heavy atom. The molecule has 1 aromatic carbocycles. The second-order valence-corrected chi connectivity index (χ2v) is 6.72. The number of carbonyl (C=O) groups is 3. The third kappa shape index (κ3) is 4.03. The van der Waals surface area contributed by atoms with Gasteiger partial charge in [0.15, 0.2) is 0 Å². The van der Waals surface area contributed by atoms with Crippen LogP contribution in [0.3, 0.4) is 0 Å². The molecule has 0 unspecified atom stereocenters. The number of aryl methyl sites for hydroxylation is 1. The Morgan fingerprint density at radius 1 is 1.24 bits per heavy atom. The normalized spacial score (nSPS) is 13.8. The molecule has 3 rings (SSSR count). The predicted molar refractivity (Wildman–Crippen MR) is 93.7 cm³/mol. The van der Waals surface area contributed by atoms with Crippen LogP contribution in [-0.2, 0) is 9.59 Å². The molecule has 0 atom stereocenters. The van der Waals surface area contributed by atoms with Gasteiger partial charge in [-0.05, 0) is 13.3 Å². The first-order valence-corrected chi connectivity index (χ1v) is 8.76. The largest absolute Gasteiger partial charge is 0.333 e. The average molecular weight is 358 g/mol. The molecule has 1 aliphatic rings. The maximum Gasteiger partial charge on any atom is 0.281 e. The maximum absolute atomic E-state index is 12.3. The van der Waals surface area contributed by atoms with E-state index in [9.17, 15) is 14.4 Å². The molecule has 1 aliphatic heterocycles. The highest BCUT2D eigenvalue weighted by molar-refractivity contribution is 7.17. The molecule has 25 heavy (non-hydrogen) atoms. The summed E-state index contributed by atoms with van der Waals surface area (Å²) >= 11 is 1.27. The highest BCUT2D eigenvalue weighted by Gasteiger charge is 2.23. The minimum absolute atomic E-state index is 0.0349. The zero-order valence-electron chi connectivity index (χ0n) is 13.7. The van der Waals surface area contributed by atoms with Gasteiger partial charge in [0.2, 0.25) is 5.91 Å². The molecule has 3 amide bonds. The Bertz CT molecular complexity index is 803. The monoisotopic (exact) mass is 358 g/mol. The lowest BCUT2D eigenvalue weighted by Gasteiger charge is -2.15. The van der Waals surface area contributed by atoms with Crippen LogP contribution in [0.25, 0.3) is 10.6 Å². The molecule has 0 spiro atoms. The average Bonchev–Trinajstić information content (AvgIpc) is 3.19. The van der Waals surface area contributed by atoms with Gasteiger partial charge in [-0.3, -0.25) is 25.2 Å². The number of likely N-dealkylation sites (tertiary alicyclic amines) is 1. The summed E-state index contributed by atoms with van der Waals surface area (Å²) in [5, 5.41) is 0.747. The Balaban J connectivity index is 1.59. The first kappa shape index (κ1) is 17.1. The molecular formula is C17H18N4O3S. The number of carbonyl (C=O) groups excluding carboxylic acids is 3. The van der Waals surface area contributed by atoms with E-state index < -0.39 is 11.8 Å². The number of nitrogens with zero attached hydrogens (tertiary/aromatic N) is 2. The van der Waals surface area contributed by atoms with E-state index in [1.54, 1.807) is 6.92 Å². The van der Waals surface area contributed by atoms with Crippen molar-refractivity contribution >= 4 is 29.1 Å². The van der Waals surface area contributed by atoms with Crippen molar-refractivity contribution in [1.82, 2.24) is 20.7 Å². The number of hydrogen-bond acceptors (Lipinski definition) is 5. The van der Waals surface area contributed by atoms with E-state index in [0.717, 1.165) is 17.0 Å². The molecule has 130 valence electrons. The molecule has 0 saturated carbocycles. The summed E-state index contributed by atoms with van der Waals surface area (Å²) in [4.78, 5) is 42.0. The highest BCUT2D eigenvalue weighted by atomic mass is 32.1. The van der Waals surface area contributed by atoms with Crippen LogP contribution in [0.5, 0.6) is 0 Å². The Hall–Kier alpha value is -2.74. The van der Waals surface area contributed by atoms with Crippen LogP contribution in [0.1, 0.15) is 28.2 Å². The summed E-state index contributed by atoms with van der Waals surface area (Å²) in [5.41, 5.74) is 6.28. The number of thiazole rings is 1. The number of rotatable bonds is 4. The fourth-order valence-corrected chi connectivity index (χ4v) is 3.55. The van der Waals surface area contributed by atoms with E-state index in [-0.39, 0.29) is 12.5 Å². The van der Waals surface area contributed by atoms with Crippen LogP contribution in [0, 0.1) is 6.92 Å². The van der Waals surface area contributed by atoms with Crippen LogP contribution in [-0.4, -0.2) is 40.7 Å². The molecule has 1 aromatic heterocycles. The fraction of sp³-hybridized carbons (Fsp3) is 0.294. The van der Waals surface area contributed by atoms with Gasteiger partial charge >= 0.3 is 0 Å². The lowest BCUT2D eigenvalue weighted by molar-refractivity contribution is -0.133. The zero-order valence-corrected chi connectivity index (χ0v) is 14.6. The Kier molecular flexibility index (Phi) is 5.08. The molecule has 0 radical (unpaired) electrons. The number of hydrogen-bond donors (Lipinski definition) is 2. The molecule has 8 heteroatoms. The number of benzene rings is 1. The highest BCUT2D eigenvalue weighted by Crippen LogP contribution is 2.27. The van der Waals surface area contributed by atoms with Gasteiger partial charge < -0.3 is 4.90 Å². The molecule has 0 aliphatic carbocycles. The summed E-state index contributed by atoms with van der Waals surface area (Å²) in [7, 11) is 0. The van der Waals surface area contributed by atoms with E-state index in [0.29, 0.717) is 23.5 Å². The van der Waals surface area contributed by atoms with Crippen LogP contribution in [0.15, 0.2) is 30.3 Å². The Morgan fingerprint density at radius 2 is 2.00 bits per heavy atom. The first-order chi connectivity index (χ1) is 12.0. The van der Waals surface area contributed by atoms with Crippen molar-refractivity contribution in [2.45, 2.75) is 19.8 Å². The molecule has 0 bridgehead atoms. The van der Waals surface area contributed by atoms with Crippen molar-refractivity contribution in [3.8, 4) is 10.6 Å². The van der Waals surface area contributed by atoms with Crippen LogP contribution in [0.4, 0.5) is 0 Å². The van der Waals surface area contributed by atoms with E-state index in [2.05, 4.69) is 15.8 Å². The smallest absolute Gasteiger partial charge is 0.281 e. The number of nitrogens with one attached hydrogen (secondary N) is 2. The summed E-state index contributed by atoms with van der Waals surface area (Å²) in [5.74, 6) is -0.875. The summed E-state index contributed by atoms with van der Waals surface area (Å²) in [6.07, 6.45) is 1.24. The second kappa shape index (κ2) is 7.43. The van der Waals surface area contributed by atoms with Gasteiger partial charge in [-0.2, -0.15) is 0 Å². The van der Waals surface area contributed by atoms with Crippen molar-refractivity contribution in [2.24, 2.45) is 0 Å². The quantitative estimate of drug-likeness (QED) is 0.811. The Labute approximate surface area is 149 Å². The lowest BCUT2D eigenvalue weighted by atomic mass is 10.2. The number of hydrazine groups is 1. The number of aromatic nitrogens is 1. The molecule has 2 aromatic rings. The second-order valence-electron chi connectivity index (χ2n) is 5.72. The minimum atomic E-state index is -0.422. The molecule has 1 saturated heterocycles. The molecule has 2 N–H and O–H groups in total. The van der Waals surface area contributed by atoms with Crippen molar-refractivity contribution < 1.29 is 14.4 Å². The van der Waals surface area contributed by atoms with Gasteiger partial charge in [0.05, 0.1) is 5.69 Å². The van der Waals surface area contributed by atoms with Gasteiger partial charge in [0.25, 0.3) is 11.8 Å². The lowest BCUT2D eigenvalue weighted by Crippen LogP contribution is -2.46. The standard InChI is InChI=1S/C17H18N4O3S/c1-11-15(25-17(18-11)12-6-3-2-4-7-12)16(24)20-19-13(22)10-21-9-5-8-14(21)23/h2-4,6-7H,5,8-10H2,1H3,(H,19,22)(H,20,24).